The summed E-state index contributed by atoms with van der Waals surface area (Å²) in [5.41, 5.74) is 3.90. The molecule has 2 aromatic heterocycles. The Morgan fingerprint density at radius 3 is 2.75 bits per heavy atom. The molecule has 16 heavy (non-hydrogen) atoms. The molecule has 0 aliphatic rings. The maximum Gasteiger partial charge on any atom is 0.129 e. The van der Waals surface area contributed by atoms with Gasteiger partial charge >= 0.3 is 0 Å². The van der Waals surface area contributed by atoms with Crippen LogP contribution in [0.2, 0.25) is 5.15 Å². The number of thiazole rings is 1. The molecule has 0 fully saturated rings. The van der Waals surface area contributed by atoms with E-state index < -0.39 is 0 Å². The van der Waals surface area contributed by atoms with Crippen molar-refractivity contribution in [2.45, 2.75) is 19.9 Å². The number of nitrogens with zero attached hydrogens (tertiary/aromatic N) is 2. The van der Waals surface area contributed by atoms with E-state index >= 15 is 0 Å². The Morgan fingerprint density at radius 2 is 2.19 bits per heavy atom. The highest BCUT2D eigenvalue weighted by molar-refractivity contribution is 7.09. The maximum absolute atomic E-state index is 5.73. The number of anilines is 1. The van der Waals surface area contributed by atoms with E-state index in [1.807, 2.05) is 18.5 Å². The van der Waals surface area contributed by atoms with Gasteiger partial charge in [0.1, 0.15) is 5.15 Å². The predicted octanol–water partition coefficient (Wildman–Crippen LogP) is 3.67. The van der Waals surface area contributed by atoms with Gasteiger partial charge in [0.05, 0.1) is 29.1 Å². The third kappa shape index (κ3) is 2.51. The first-order chi connectivity index (χ1) is 7.66. The summed E-state index contributed by atoms with van der Waals surface area (Å²) < 4.78 is 0. The van der Waals surface area contributed by atoms with Crippen LogP contribution < -0.4 is 5.32 Å². The zero-order valence-corrected chi connectivity index (χ0v) is 10.6. The summed E-state index contributed by atoms with van der Waals surface area (Å²) in [6, 6.07) is 3.92. The summed E-state index contributed by atoms with van der Waals surface area (Å²) in [5.74, 6) is 0. The van der Waals surface area contributed by atoms with Crippen molar-refractivity contribution in [3.8, 4) is 0 Å². The van der Waals surface area contributed by atoms with Crippen molar-refractivity contribution in [3.63, 3.8) is 0 Å². The molecule has 0 bridgehead atoms. The molecule has 0 amide bonds. The second-order valence-corrected chi connectivity index (χ2v) is 4.81. The molecule has 0 aliphatic carbocycles. The Labute approximate surface area is 104 Å². The fourth-order valence-electron chi connectivity index (χ4n) is 1.50. The second kappa shape index (κ2) is 4.80. The molecule has 84 valence electrons. The van der Waals surface area contributed by atoms with Gasteiger partial charge in [0.25, 0.3) is 0 Å². The lowest BCUT2D eigenvalue weighted by Gasteiger charge is -2.13. The Bertz CT molecular complexity index is 466. The van der Waals surface area contributed by atoms with Gasteiger partial charge in [0.2, 0.25) is 0 Å². The molecule has 2 heterocycles. The topological polar surface area (TPSA) is 37.8 Å². The van der Waals surface area contributed by atoms with E-state index in [2.05, 4.69) is 22.2 Å². The van der Waals surface area contributed by atoms with Gasteiger partial charge in [-0.25, -0.2) is 9.97 Å². The Kier molecular flexibility index (Phi) is 3.41. The van der Waals surface area contributed by atoms with Crippen LogP contribution in [0.3, 0.4) is 0 Å². The molecule has 5 heteroatoms. The molecule has 0 saturated carbocycles. The number of hydrogen-bond acceptors (Lipinski definition) is 4. The van der Waals surface area contributed by atoms with Crippen LogP contribution in [-0.2, 0) is 0 Å². The first kappa shape index (κ1) is 11.4. The molecule has 0 spiro atoms. The fraction of sp³-hybridized carbons (Fsp3) is 0.273. The van der Waals surface area contributed by atoms with Crippen molar-refractivity contribution in [2.24, 2.45) is 0 Å². The Morgan fingerprint density at radius 1 is 1.38 bits per heavy atom. The molecule has 0 radical (unpaired) electrons. The van der Waals surface area contributed by atoms with Crippen LogP contribution in [0.5, 0.6) is 0 Å². The standard InChI is InChI=1S/C11H12ClN3S/c1-7-11(16-6-14-7)8(2)15-9-3-4-10(12)13-5-9/h3-6,8,15H,1-2H3. The lowest BCUT2D eigenvalue weighted by molar-refractivity contribution is 0.888. The number of aromatic nitrogens is 2. The van der Waals surface area contributed by atoms with Gasteiger partial charge < -0.3 is 5.32 Å². The SMILES string of the molecule is Cc1ncsc1C(C)Nc1ccc(Cl)nc1. The molecular formula is C11H12ClN3S. The van der Waals surface area contributed by atoms with E-state index in [-0.39, 0.29) is 6.04 Å². The number of aryl methyl sites for hydroxylation is 1. The summed E-state index contributed by atoms with van der Waals surface area (Å²) in [6.07, 6.45) is 1.73. The van der Waals surface area contributed by atoms with Crippen LogP contribution in [0, 0.1) is 6.92 Å². The van der Waals surface area contributed by atoms with Crippen molar-refractivity contribution >= 4 is 28.6 Å². The number of pyridine rings is 1. The average Bonchev–Trinajstić information content (AvgIpc) is 2.68. The number of hydrogen-bond donors (Lipinski definition) is 1. The van der Waals surface area contributed by atoms with Gasteiger partial charge in [-0.15, -0.1) is 11.3 Å². The van der Waals surface area contributed by atoms with Crippen molar-refractivity contribution in [2.75, 3.05) is 5.32 Å². The quantitative estimate of drug-likeness (QED) is 0.848. The molecule has 3 nitrogen and oxygen atoms in total. The molecule has 0 saturated heterocycles. The minimum atomic E-state index is 0.232. The second-order valence-electron chi connectivity index (χ2n) is 3.54. The van der Waals surface area contributed by atoms with Crippen molar-refractivity contribution in [3.05, 3.63) is 39.6 Å². The van der Waals surface area contributed by atoms with Crippen molar-refractivity contribution in [1.29, 1.82) is 0 Å². The molecule has 0 aliphatic heterocycles. The predicted molar refractivity (Wildman–Crippen MR) is 68.1 cm³/mol. The lowest BCUT2D eigenvalue weighted by Crippen LogP contribution is -2.06. The van der Waals surface area contributed by atoms with Gasteiger partial charge in [-0.2, -0.15) is 0 Å². The number of halogens is 1. The lowest BCUT2D eigenvalue weighted by atomic mass is 10.2. The van der Waals surface area contributed by atoms with Gasteiger partial charge in [0.15, 0.2) is 0 Å². The van der Waals surface area contributed by atoms with Crippen molar-refractivity contribution < 1.29 is 0 Å². The molecule has 0 aromatic carbocycles. The van der Waals surface area contributed by atoms with Crippen LogP contribution in [0.15, 0.2) is 23.8 Å². The van der Waals surface area contributed by atoms with Gasteiger partial charge in [-0.1, -0.05) is 11.6 Å². The summed E-state index contributed by atoms with van der Waals surface area (Å²) in [6.45, 7) is 4.12. The Balaban J connectivity index is 2.10. The highest BCUT2D eigenvalue weighted by Crippen LogP contribution is 2.24. The van der Waals surface area contributed by atoms with Crippen LogP contribution in [0.25, 0.3) is 0 Å². The van der Waals surface area contributed by atoms with Crippen LogP contribution in [-0.4, -0.2) is 9.97 Å². The zero-order valence-electron chi connectivity index (χ0n) is 9.07. The third-order valence-electron chi connectivity index (χ3n) is 2.29. The normalized spacial score (nSPS) is 12.4. The zero-order chi connectivity index (χ0) is 11.5. The molecule has 2 aromatic rings. The van der Waals surface area contributed by atoms with Crippen LogP contribution in [0.4, 0.5) is 5.69 Å². The fourth-order valence-corrected chi connectivity index (χ4v) is 2.43. The van der Waals surface area contributed by atoms with Gasteiger partial charge in [0, 0.05) is 4.88 Å². The molecule has 1 N–H and O–H groups in total. The van der Waals surface area contributed by atoms with E-state index in [1.165, 1.54) is 4.88 Å². The molecule has 1 unspecified atom stereocenters. The van der Waals surface area contributed by atoms with Gasteiger partial charge in [-0.3, -0.25) is 0 Å². The molecule has 1 atom stereocenters. The summed E-state index contributed by atoms with van der Waals surface area (Å²) in [5, 5.41) is 3.87. The monoisotopic (exact) mass is 253 g/mol. The minimum absolute atomic E-state index is 0.232. The van der Waals surface area contributed by atoms with E-state index in [0.717, 1.165) is 11.4 Å². The number of nitrogens with one attached hydrogen (secondary N) is 1. The summed E-state index contributed by atoms with van der Waals surface area (Å²) >= 11 is 7.39. The minimum Gasteiger partial charge on any atom is -0.376 e. The smallest absolute Gasteiger partial charge is 0.129 e. The van der Waals surface area contributed by atoms with Gasteiger partial charge in [-0.05, 0) is 26.0 Å². The average molecular weight is 254 g/mol. The third-order valence-corrected chi connectivity index (χ3v) is 3.62. The van der Waals surface area contributed by atoms with E-state index in [0.29, 0.717) is 5.15 Å². The number of rotatable bonds is 3. The maximum atomic E-state index is 5.73. The highest BCUT2D eigenvalue weighted by Gasteiger charge is 2.10. The highest BCUT2D eigenvalue weighted by atomic mass is 35.5. The molecule has 2 rings (SSSR count). The van der Waals surface area contributed by atoms with Crippen molar-refractivity contribution in [1.82, 2.24) is 9.97 Å². The van der Waals surface area contributed by atoms with Crippen LogP contribution >= 0.6 is 22.9 Å². The van der Waals surface area contributed by atoms with E-state index in [4.69, 9.17) is 11.6 Å². The molecular weight excluding hydrogens is 242 g/mol. The first-order valence-corrected chi connectivity index (χ1v) is 6.20. The summed E-state index contributed by atoms with van der Waals surface area (Å²) in [7, 11) is 0. The summed E-state index contributed by atoms with van der Waals surface area (Å²) in [4.78, 5) is 9.51. The largest absolute Gasteiger partial charge is 0.376 e. The van der Waals surface area contributed by atoms with Crippen LogP contribution in [0.1, 0.15) is 23.5 Å². The van der Waals surface area contributed by atoms with E-state index in [9.17, 15) is 0 Å². The van der Waals surface area contributed by atoms with E-state index in [1.54, 1.807) is 23.6 Å². The Hall–Kier alpha value is -1.13. The first-order valence-electron chi connectivity index (χ1n) is 4.95.